The lowest BCUT2D eigenvalue weighted by Gasteiger charge is -2.11. The largest absolute Gasteiger partial charge is 0.228 e. The molecule has 0 unspecified atom stereocenters. The van der Waals surface area contributed by atoms with Gasteiger partial charge in [-0.05, 0) is 52.6 Å². The smallest absolute Gasteiger partial charge is 0.161 e. The second-order valence-corrected chi connectivity index (χ2v) is 14.5. The zero-order valence-corrected chi connectivity index (χ0v) is 30.5. The first kappa shape index (κ1) is 32.6. The predicted octanol–water partition coefficient (Wildman–Crippen LogP) is 13.3. The molecule has 0 spiro atoms. The zero-order chi connectivity index (χ0) is 36.6. The second kappa shape index (κ2) is 14.0. The SMILES string of the molecule is c1ccc(-c2cc(-c3ccccc3)nc(-c3cccc(-c4cccc(-c5cccc(-c6nc(-c7ccccc7)c7c(n6)sc6ccccc67)c5)c4)c3)n2)cc1. The number of thiophene rings is 1. The molecule has 0 aliphatic carbocycles. The fraction of sp³-hybridized carbons (Fsp3) is 0. The normalized spacial score (nSPS) is 11.3. The summed E-state index contributed by atoms with van der Waals surface area (Å²) in [6.45, 7) is 0. The Morgan fingerprint density at radius 3 is 1.27 bits per heavy atom. The van der Waals surface area contributed by atoms with Crippen LogP contribution in [0.5, 0.6) is 0 Å². The standard InChI is InChI=1S/C50H32N4S/c1-4-15-33(16-5-1)43-32-44(34-17-6-2-7-18-34)52-48(51-43)40-25-13-23-38(30-40)36-21-12-22-37(29-36)39-24-14-26-41(31-39)49-53-47(35-19-8-3-9-20-35)46-42-27-10-11-28-45(42)55-50(46)54-49/h1-32H. The van der Waals surface area contributed by atoms with E-state index >= 15 is 0 Å². The first-order valence-electron chi connectivity index (χ1n) is 18.3. The average Bonchev–Trinajstić information content (AvgIpc) is 3.66. The molecule has 0 fully saturated rings. The summed E-state index contributed by atoms with van der Waals surface area (Å²) < 4.78 is 1.21. The molecule has 3 heterocycles. The minimum Gasteiger partial charge on any atom is -0.228 e. The lowest BCUT2D eigenvalue weighted by atomic mass is 9.96. The summed E-state index contributed by atoms with van der Waals surface area (Å²) in [5.41, 5.74) is 12.3. The molecule has 0 amide bonds. The van der Waals surface area contributed by atoms with Crippen LogP contribution in [0, 0.1) is 0 Å². The van der Waals surface area contributed by atoms with E-state index in [-0.39, 0.29) is 0 Å². The van der Waals surface area contributed by atoms with Crippen molar-refractivity contribution in [1.82, 2.24) is 19.9 Å². The molecule has 0 aliphatic rings. The third kappa shape index (κ3) is 6.37. The predicted molar refractivity (Wildman–Crippen MR) is 229 cm³/mol. The van der Waals surface area contributed by atoms with Crippen molar-refractivity contribution in [3.8, 4) is 78.8 Å². The number of benzene rings is 7. The maximum atomic E-state index is 5.24. The van der Waals surface area contributed by atoms with Gasteiger partial charge in [-0.1, -0.05) is 164 Å². The van der Waals surface area contributed by atoms with Crippen LogP contribution >= 0.6 is 11.3 Å². The number of hydrogen-bond acceptors (Lipinski definition) is 5. The van der Waals surface area contributed by atoms with Crippen LogP contribution in [0.4, 0.5) is 0 Å². The average molecular weight is 721 g/mol. The highest BCUT2D eigenvalue weighted by atomic mass is 32.1. The van der Waals surface area contributed by atoms with Crippen LogP contribution in [0.1, 0.15) is 0 Å². The summed E-state index contributed by atoms with van der Waals surface area (Å²) in [4.78, 5) is 21.5. The molecule has 3 aromatic heterocycles. The highest BCUT2D eigenvalue weighted by Crippen LogP contribution is 2.40. The molecule has 10 rings (SSSR count). The molecule has 0 bridgehead atoms. The zero-order valence-electron chi connectivity index (χ0n) is 29.7. The summed E-state index contributed by atoms with van der Waals surface area (Å²) in [5, 5.41) is 2.30. The molecule has 0 atom stereocenters. The lowest BCUT2D eigenvalue weighted by Crippen LogP contribution is -1.96. The Bertz CT molecular complexity index is 2920. The van der Waals surface area contributed by atoms with Crippen molar-refractivity contribution in [3.05, 3.63) is 194 Å². The molecule has 0 saturated heterocycles. The van der Waals surface area contributed by atoms with Gasteiger partial charge >= 0.3 is 0 Å². The van der Waals surface area contributed by atoms with Crippen LogP contribution in [-0.4, -0.2) is 19.9 Å². The third-order valence-electron chi connectivity index (χ3n) is 9.92. The first-order chi connectivity index (χ1) is 27.2. The van der Waals surface area contributed by atoms with Gasteiger partial charge in [0.05, 0.1) is 17.1 Å². The Labute approximate surface area is 323 Å². The monoisotopic (exact) mass is 720 g/mol. The van der Waals surface area contributed by atoms with E-state index in [1.807, 2.05) is 42.5 Å². The number of nitrogens with zero attached hydrogens (tertiary/aromatic N) is 4. The maximum Gasteiger partial charge on any atom is 0.161 e. The van der Waals surface area contributed by atoms with Gasteiger partial charge < -0.3 is 0 Å². The van der Waals surface area contributed by atoms with Gasteiger partial charge in [0.1, 0.15) is 4.83 Å². The Morgan fingerprint density at radius 1 is 0.309 bits per heavy atom. The van der Waals surface area contributed by atoms with Crippen molar-refractivity contribution in [2.24, 2.45) is 0 Å². The fourth-order valence-corrected chi connectivity index (χ4v) is 8.28. The van der Waals surface area contributed by atoms with Crippen molar-refractivity contribution in [1.29, 1.82) is 0 Å². The molecule has 55 heavy (non-hydrogen) atoms. The fourth-order valence-electron chi connectivity index (χ4n) is 7.20. The molecule has 5 heteroatoms. The Balaban J connectivity index is 1.03. The second-order valence-electron chi connectivity index (χ2n) is 13.5. The van der Waals surface area contributed by atoms with Crippen LogP contribution in [-0.2, 0) is 0 Å². The van der Waals surface area contributed by atoms with E-state index < -0.39 is 0 Å². The minimum absolute atomic E-state index is 0.691. The lowest BCUT2D eigenvalue weighted by molar-refractivity contribution is 1.18. The third-order valence-corrected chi connectivity index (χ3v) is 11.0. The van der Waals surface area contributed by atoms with Crippen molar-refractivity contribution in [2.75, 3.05) is 0 Å². The molecule has 7 aromatic carbocycles. The quantitative estimate of drug-likeness (QED) is 0.164. The van der Waals surface area contributed by atoms with E-state index in [2.05, 4.69) is 152 Å². The summed E-state index contributed by atoms with van der Waals surface area (Å²) >= 11 is 1.72. The maximum absolute atomic E-state index is 5.24. The van der Waals surface area contributed by atoms with Crippen molar-refractivity contribution < 1.29 is 0 Å². The summed E-state index contributed by atoms with van der Waals surface area (Å²) in [6, 6.07) is 67.4. The van der Waals surface area contributed by atoms with Gasteiger partial charge in [-0.2, -0.15) is 0 Å². The molecule has 0 aliphatic heterocycles. The van der Waals surface area contributed by atoms with Crippen LogP contribution in [0.15, 0.2) is 194 Å². The van der Waals surface area contributed by atoms with Gasteiger partial charge in [-0.25, -0.2) is 19.9 Å². The molecule has 258 valence electrons. The van der Waals surface area contributed by atoms with E-state index in [0.717, 1.165) is 83.2 Å². The minimum atomic E-state index is 0.691. The number of aromatic nitrogens is 4. The highest BCUT2D eigenvalue weighted by molar-refractivity contribution is 7.25. The summed E-state index contributed by atoms with van der Waals surface area (Å²) in [6.07, 6.45) is 0. The van der Waals surface area contributed by atoms with E-state index in [4.69, 9.17) is 19.9 Å². The molecule has 0 saturated carbocycles. The van der Waals surface area contributed by atoms with Crippen LogP contribution < -0.4 is 0 Å². The van der Waals surface area contributed by atoms with Crippen LogP contribution in [0.3, 0.4) is 0 Å². The first-order valence-corrected chi connectivity index (χ1v) is 19.1. The summed E-state index contributed by atoms with van der Waals surface area (Å²) in [5.74, 6) is 1.41. The Morgan fingerprint density at radius 2 is 0.727 bits per heavy atom. The highest BCUT2D eigenvalue weighted by Gasteiger charge is 2.17. The summed E-state index contributed by atoms with van der Waals surface area (Å²) in [7, 11) is 0. The van der Waals surface area contributed by atoms with E-state index in [1.54, 1.807) is 11.3 Å². The Hall–Kier alpha value is -7.08. The van der Waals surface area contributed by atoms with Gasteiger partial charge in [-0.3, -0.25) is 0 Å². The van der Waals surface area contributed by atoms with Crippen molar-refractivity contribution in [2.45, 2.75) is 0 Å². The molecule has 4 nitrogen and oxygen atoms in total. The number of fused-ring (bicyclic) bond motifs is 3. The molecular weight excluding hydrogens is 689 g/mol. The van der Waals surface area contributed by atoms with Gasteiger partial charge in [0, 0.05) is 43.3 Å². The van der Waals surface area contributed by atoms with Gasteiger partial charge in [-0.15, -0.1) is 11.3 Å². The van der Waals surface area contributed by atoms with E-state index in [9.17, 15) is 0 Å². The van der Waals surface area contributed by atoms with Gasteiger partial charge in [0.25, 0.3) is 0 Å². The molecule has 0 radical (unpaired) electrons. The van der Waals surface area contributed by atoms with Crippen LogP contribution in [0.25, 0.3) is 99.1 Å². The van der Waals surface area contributed by atoms with Crippen LogP contribution in [0.2, 0.25) is 0 Å². The molecule has 10 aromatic rings. The van der Waals surface area contributed by atoms with Crippen molar-refractivity contribution >= 4 is 31.6 Å². The topological polar surface area (TPSA) is 51.6 Å². The number of rotatable bonds is 7. The number of hydrogen-bond donors (Lipinski definition) is 0. The molecular formula is C50H32N4S. The van der Waals surface area contributed by atoms with E-state index in [1.165, 1.54) is 10.1 Å². The van der Waals surface area contributed by atoms with E-state index in [0.29, 0.717) is 5.82 Å². The van der Waals surface area contributed by atoms with Crippen molar-refractivity contribution in [3.63, 3.8) is 0 Å². The van der Waals surface area contributed by atoms with Gasteiger partial charge in [0.15, 0.2) is 11.6 Å². The van der Waals surface area contributed by atoms with Gasteiger partial charge in [0.2, 0.25) is 0 Å². The Kier molecular flexibility index (Phi) is 8.32. The molecule has 0 N–H and O–H groups in total.